The van der Waals surface area contributed by atoms with E-state index in [1.54, 1.807) is 6.07 Å². The van der Waals surface area contributed by atoms with Gasteiger partial charge in [-0.1, -0.05) is 52.3 Å². The van der Waals surface area contributed by atoms with Crippen LogP contribution in [0.3, 0.4) is 0 Å². The quantitative estimate of drug-likeness (QED) is 0.740. The van der Waals surface area contributed by atoms with E-state index < -0.39 is 0 Å². The fourth-order valence-corrected chi connectivity index (χ4v) is 2.13. The van der Waals surface area contributed by atoms with Crippen molar-refractivity contribution in [3.05, 3.63) is 70.2 Å². The highest BCUT2D eigenvalue weighted by Gasteiger charge is 2.08. The van der Waals surface area contributed by atoms with Crippen LogP contribution in [0.4, 0.5) is 0 Å². The average molecular weight is 331 g/mol. The molecule has 2 nitrogen and oxygen atoms in total. The third-order valence-electron chi connectivity index (χ3n) is 2.77. The highest BCUT2D eigenvalue weighted by molar-refractivity contribution is 9.10. The molecule has 0 aliphatic carbocycles. The SMILES string of the molecule is CC(=O)c1ccc(Br)cc1OC/C=C/c1ccccc1. The Kier molecular flexibility index (Phi) is 5.13. The number of halogens is 1. The zero-order valence-electron chi connectivity index (χ0n) is 11.2. The zero-order valence-corrected chi connectivity index (χ0v) is 12.8. The predicted octanol–water partition coefficient (Wildman–Crippen LogP) is 4.74. The van der Waals surface area contributed by atoms with Gasteiger partial charge in [0.2, 0.25) is 0 Å². The van der Waals surface area contributed by atoms with Crippen LogP contribution >= 0.6 is 15.9 Å². The third-order valence-corrected chi connectivity index (χ3v) is 3.26. The Morgan fingerprint density at radius 1 is 1.20 bits per heavy atom. The van der Waals surface area contributed by atoms with Gasteiger partial charge in [-0.2, -0.15) is 0 Å². The van der Waals surface area contributed by atoms with Crippen LogP contribution in [0.2, 0.25) is 0 Å². The summed E-state index contributed by atoms with van der Waals surface area (Å²) < 4.78 is 6.56. The van der Waals surface area contributed by atoms with Gasteiger partial charge in [0.1, 0.15) is 12.4 Å². The van der Waals surface area contributed by atoms with E-state index in [1.165, 1.54) is 6.92 Å². The molecular weight excluding hydrogens is 316 g/mol. The molecule has 20 heavy (non-hydrogen) atoms. The molecule has 2 rings (SSSR count). The van der Waals surface area contributed by atoms with Gasteiger partial charge < -0.3 is 4.74 Å². The highest BCUT2D eigenvalue weighted by Crippen LogP contribution is 2.24. The van der Waals surface area contributed by atoms with Crippen molar-refractivity contribution in [2.24, 2.45) is 0 Å². The standard InChI is InChI=1S/C17H15BrO2/c1-13(19)16-10-9-15(18)12-17(16)20-11-5-8-14-6-3-2-4-7-14/h2-10,12H,11H2,1H3/b8-5+. The maximum atomic E-state index is 11.5. The molecule has 0 unspecified atom stereocenters. The minimum absolute atomic E-state index is 0.000427. The van der Waals surface area contributed by atoms with E-state index in [0.717, 1.165) is 10.0 Å². The number of ether oxygens (including phenoxy) is 1. The molecule has 0 aliphatic rings. The van der Waals surface area contributed by atoms with E-state index in [2.05, 4.69) is 15.9 Å². The van der Waals surface area contributed by atoms with Gasteiger partial charge >= 0.3 is 0 Å². The molecule has 0 saturated heterocycles. The zero-order chi connectivity index (χ0) is 14.4. The van der Waals surface area contributed by atoms with Crippen molar-refractivity contribution < 1.29 is 9.53 Å². The van der Waals surface area contributed by atoms with Crippen LogP contribution in [0.15, 0.2) is 59.1 Å². The first-order valence-electron chi connectivity index (χ1n) is 6.31. The van der Waals surface area contributed by atoms with Crippen LogP contribution in [0.5, 0.6) is 5.75 Å². The average Bonchev–Trinajstić information content (AvgIpc) is 2.44. The molecule has 2 aromatic rings. The first-order valence-corrected chi connectivity index (χ1v) is 7.11. The molecular formula is C17H15BrO2. The van der Waals surface area contributed by atoms with Gasteiger partial charge in [-0.25, -0.2) is 0 Å². The number of rotatable bonds is 5. The Hall–Kier alpha value is -1.87. The Bertz CT molecular complexity index is 618. The number of Topliss-reactive ketones (excluding diaryl/α,β-unsaturated/α-hetero) is 1. The molecule has 0 spiro atoms. The topological polar surface area (TPSA) is 26.3 Å². The number of hydrogen-bond acceptors (Lipinski definition) is 2. The van der Waals surface area contributed by atoms with Crippen LogP contribution in [0.25, 0.3) is 6.08 Å². The molecule has 0 amide bonds. The molecule has 102 valence electrons. The summed E-state index contributed by atoms with van der Waals surface area (Å²) >= 11 is 3.38. The maximum Gasteiger partial charge on any atom is 0.163 e. The molecule has 0 radical (unpaired) electrons. The van der Waals surface area contributed by atoms with Crippen LogP contribution in [0, 0.1) is 0 Å². The molecule has 2 aromatic carbocycles. The van der Waals surface area contributed by atoms with Crippen LogP contribution in [-0.4, -0.2) is 12.4 Å². The molecule has 0 N–H and O–H groups in total. The normalized spacial score (nSPS) is 10.7. The van der Waals surface area contributed by atoms with Crippen molar-refractivity contribution in [3.63, 3.8) is 0 Å². The van der Waals surface area contributed by atoms with Crippen molar-refractivity contribution in [1.29, 1.82) is 0 Å². The first kappa shape index (κ1) is 14.5. The number of benzene rings is 2. The number of ketones is 1. The molecule has 0 fully saturated rings. The highest BCUT2D eigenvalue weighted by atomic mass is 79.9. The lowest BCUT2D eigenvalue weighted by Crippen LogP contribution is -2.01. The van der Waals surface area contributed by atoms with Gasteiger partial charge in [-0.15, -0.1) is 0 Å². The van der Waals surface area contributed by atoms with Crippen molar-refractivity contribution in [1.82, 2.24) is 0 Å². The summed E-state index contributed by atoms with van der Waals surface area (Å²) in [6.45, 7) is 1.96. The van der Waals surface area contributed by atoms with Crippen LogP contribution in [-0.2, 0) is 0 Å². The fraction of sp³-hybridized carbons (Fsp3) is 0.118. The van der Waals surface area contributed by atoms with E-state index in [1.807, 2.05) is 54.6 Å². The number of carbonyl (C=O) groups excluding carboxylic acids is 1. The van der Waals surface area contributed by atoms with E-state index >= 15 is 0 Å². The number of hydrogen-bond donors (Lipinski definition) is 0. The van der Waals surface area contributed by atoms with E-state index in [0.29, 0.717) is 17.9 Å². The molecule has 3 heteroatoms. The monoisotopic (exact) mass is 330 g/mol. The summed E-state index contributed by atoms with van der Waals surface area (Å²) in [5.74, 6) is 0.601. The summed E-state index contributed by atoms with van der Waals surface area (Å²) in [6.07, 6.45) is 3.92. The van der Waals surface area contributed by atoms with Crippen molar-refractivity contribution >= 4 is 27.8 Å². The maximum absolute atomic E-state index is 11.5. The van der Waals surface area contributed by atoms with Crippen molar-refractivity contribution in [3.8, 4) is 5.75 Å². The molecule has 0 atom stereocenters. The van der Waals surface area contributed by atoms with E-state index in [4.69, 9.17) is 4.74 Å². The van der Waals surface area contributed by atoms with E-state index in [9.17, 15) is 4.79 Å². The second kappa shape index (κ2) is 7.06. The Balaban J connectivity index is 2.02. The second-order valence-electron chi connectivity index (χ2n) is 4.32. The second-order valence-corrected chi connectivity index (χ2v) is 5.24. The van der Waals surface area contributed by atoms with E-state index in [-0.39, 0.29) is 5.78 Å². The van der Waals surface area contributed by atoms with Gasteiger partial charge in [0.25, 0.3) is 0 Å². The summed E-state index contributed by atoms with van der Waals surface area (Å²) in [7, 11) is 0. The summed E-state index contributed by atoms with van der Waals surface area (Å²) in [4.78, 5) is 11.5. The van der Waals surface area contributed by atoms with Crippen molar-refractivity contribution in [2.75, 3.05) is 6.61 Å². The van der Waals surface area contributed by atoms with Gasteiger partial charge in [-0.3, -0.25) is 4.79 Å². The minimum atomic E-state index is -0.000427. The summed E-state index contributed by atoms with van der Waals surface area (Å²) in [5, 5.41) is 0. The predicted molar refractivity (Wildman–Crippen MR) is 85.1 cm³/mol. The lowest BCUT2D eigenvalue weighted by atomic mass is 10.1. The minimum Gasteiger partial charge on any atom is -0.489 e. The Labute approximate surface area is 127 Å². The van der Waals surface area contributed by atoms with Gasteiger partial charge in [0.15, 0.2) is 5.78 Å². The largest absolute Gasteiger partial charge is 0.489 e. The molecule has 0 aromatic heterocycles. The smallest absolute Gasteiger partial charge is 0.163 e. The molecule has 0 aliphatic heterocycles. The fourth-order valence-electron chi connectivity index (χ4n) is 1.79. The number of carbonyl (C=O) groups is 1. The first-order chi connectivity index (χ1) is 9.66. The summed E-state index contributed by atoms with van der Waals surface area (Å²) in [5.41, 5.74) is 1.72. The molecule has 0 bridgehead atoms. The lowest BCUT2D eigenvalue weighted by molar-refractivity contribution is 0.101. The molecule has 0 saturated carbocycles. The Morgan fingerprint density at radius 3 is 2.65 bits per heavy atom. The van der Waals surface area contributed by atoms with Crippen LogP contribution in [0.1, 0.15) is 22.8 Å². The van der Waals surface area contributed by atoms with Gasteiger partial charge in [0, 0.05) is 4.47 Å². The van der Waals surface area contributed by atoms with Gasteiger partial charge in [0.05, 0.1) is 5.56 Å². The third kappa shape index (κ3) is 4.07. The lowest BCUT2D eigenvalue weighted by Gasteiger charge is -2.08. The molecule has 0 heterocycles. The summed E-state index contributed by atoms with van der Waals surface area (Å²) in [6, 6.07) is 15.4. The van der Waals surface area contributed by atoms with Crippen molar-refractivity contribution in [2.45, 2.75) is 6.92 Å². The van der Waals surface area contributed by atoms with Gasteiger partial charge in [-0.05, 0) is 36.8 Å². The van der Waals surface area contributed by atoms with Crippen LogP contribution < -0.4 is 4.74 Å². The Morgan fingerprint density at radius 2 is 1.95 bits per heavy atom.